The number of aromatic amines is 1. The number of aromatic nitrogens is 1. The first-order valence-corrected chi connectivity index (χ1v) is 8.49. The molecule has 0 aliphatic carbocycles. The van der Waals surface area contributed by atoms with Gasteiger partial charge in [0.05, 0.1) is 0 Å². The van der Waals surface area contributed by atoms with E-state index in [0.717, 1.165) is 16.5 Å². The highest BCUT2D eigenvalue weighted by Gasteiger charge is 2.18. The van der Waals surface area contributed by atoms with Gasteiger partial charge in [0, 0.05) is 34.8 Å². The van der Waals surface area contributed by atoms with Gasteiger partial charge in [-0.1, -0.05) is 36.4 Å². The van der Waals surface area contributed by atoms with Crippen molar-refractivity contribution in [3.05, 3.63) is 78.0 Å². The standard InChI is InChI=1S/C21H21N3O2/c1-15(2)24(23-21(26)16-8-4-3-5-9-16)20(25)13-12-17-14-22-19-11-7-6-10-18(17)19/h3-15,22H,1-2H3,(H,23,26). The molecular weight excluding hydrogens is 326 g/mol. The second-order valence-electron chi connectivity index (χ2n) is 6.23. The first kappa shape index (κ1) is 17.5. The number of hydrazine groups is 1. The molecule has 0 atom stereocenters. The number of para-hydroxylation sites is 1. The number of hydrogen-bond donors (Lipinski definition) is 2. The third kappa shape index (κ3) is 3.83. The molecule has 0 fully saturated rings. The van der Waals surface area contributed by atoms with Gasteiger partial charge < -0.3 is 4.98 Å². The normalized spacial score (nSPS) is 11.2. The SMILES string of the molecule is CC(C)N(NC(=O)c1ccccc1)C(=O)C=Cc1c[nH]c2ccccc12. The van der Waals surface area contributed by atoms with Crippen LogP contribution in [-0.2, 0) is 4.79 Å². The number of amides is 2. The van der Waals surface area contributed by atoms with Gasteiger partial charge in [0.1, 0.15) is 0 Å². The van der Waals surface area contributed by atoms with E-state index < -0.39 is 0 Å². The zero-order valence-electron chi connectivity index (χ0n) is 14.8. The summed E-state index contributed by atoms with van der Waals surface area (Å²) in [4.78, 5) is 28.1. The average molecular weight is 347 g/mol. The quantitative estimate of drug-likeness (QED) is 0.557. The van der Waals surface area contributed by atoms with Gasteiger partial charge in [-0.2, -0.15) is 0 Å². The Morgan fingerprint density at radius 2 is 1.73 bits per heavy atom. The molecule has 26 heavy (non-hydrogen) atoms. The largest absolute Gasteiger partial charge is 0.361 e. The van der Waals surface area contributed by atoms with E-state index in [1.54, 1.807) is 30.3 Å². The molecule has 132 valence electrons. The van der Waals surface area contributed by atoms with Crippen molar-refractivity contribution in [2.24, 2.45) is 0 Å². The Balaban J connectivity index is 1.75. The van der Waals surface area contributed by atoms with Gasteiger partial charge in [-0.15, -0.1) is 0 Å². The van der Waals surface area contributed by atoms with Crippen LogP contribution in [0.25, 0.3) is 17.0 Å². The highest BCUT2D eigenvalue weighted by Crippen LogP contribution is 2.19. The van der Waals surface area contributed by atoms with E-state index in [4.69, 9.17) is 0 Å². The molecule has 0 saturated carbocycles. The average Bonchev–Trinajstić information content (AvgIpc) is 3.07. The van der Waals surface area contributed by atoms with Crippen LogP contribution in [0.3, 0.4) is 0 Å². The highest BCUT2D eigenvalue weighted by atomic mass is 16.2. The molecule has 0 spiro atoms. The van der Waals surface area contributed by atoms with Crippen LogP contribution in [0.1, 0.15) is 29.8 Å². The smallest absolute Gasteiger partial charge is 0.269 e. The molecule has 0 saturated heterocycles. The maximum Gasteiger partial charge on any atom is 0.269 e. The topological polar surface area (TPSA) is 65.2 Å². The third-order valence-corrected chi connectivity index (χ3v) is 4.04. The minimum Gasteiger partial charge on any atom is -0.361 e. The lowest BCUT2D eigenvalue weighted by Crippen LogP contribution is -2.49. The molecule has 5 nitrogen and oxygen atoms in total. The van der Waals surface area contributed by atoms with Crippen LogP contribution in [0.5, 0.6) is 0 Å². The summed E-state index contributed by atoms with van der Waals surface area (Å²) in [5.41, 5.74) is 5.13. The van der Waals surface area contributed by atoms with Gasteiger partial charge in [0.15, 0.2) is 0 Å². The number of rotatable bonds is 4. The van der Waals surface area contributed by atoms with E-state index in [9.17, 15) is 9.59 Å². The highest BCUT2D eigenvalue weighted by molar-refractivity contribution is 5.99. The fraction of sp³-hybridized carbons (Fsp3) is 0.143. The molecule has 2 amide bonds. The lowest BCUT2D eigenvalue weighted by Gasteiger charge is -2.25. The van der Waals surface area contributed by atoms with Crippen molar-refractivity contribution >= 4 is 28.8 Å². The molecule has 0 bridgehead atoms. The second-order valence-corrected chi connectivity index (χ2v) is 6.23. The number of hydrogen-bond acceptors (Lipinski definition) is 2. The van der Waals surface area contributed by atoms with Crippen molar-refractivity contribution < 1.29 is 9.59 Å². The first-order chi connectivity index (χ1) is 12.6. The lowest BCUT2D eigenvalue weighted by atomic mass is 10.1. The number of H-pyrrole nitrogens is 1. The fourth-order valence-corrected chi connectivity index (χ4v) is 2.68. The Kier molecular flexibility index (Phi) is 5.17. The van der Waals surface area contributed by atoms with Gasteiger partial charge in [-0.25, -0.2) is 5.01 Å². The Labute approximate surface area is 152 Å². The van der Waals surface area contributed by atoms with Crippen molar-refractivity contribution in [3.8, 4) is 0 Å². The Morgan fingerprint density at radius 1 is 1.04 bits per heavy atom. The molecule has 0 radical (unpaired) electrons. The number of nitrogens with one attached hydrogen (secondary N) is 2. The van der Waals surface area contributed by atoms with E-state index in [1.165, 1.54) is 11.1 Å². The molecule has 2 aromatic carbocycles. The summed E-state index contributed by atoms with van der Waals surface area (Å²) < 4.78 is 0. The van der Waals surface area contributed by atoms with E-state index in [1.807, 2.05) is 50.4 Å². The van der Waals surface area contributed by atoms with Crippen LogP contribution in [0.2, 0.25) is 0 Å². The Morgan fingerprint density at radius 3 is 2.46 bits per heavy atom. The fourth-order valence-electron chi connectivity index (χ4n) is 2.68. The number of carbonyl (C=O) groups is 2. The molecule has 3 rings (SSSR count). The summed E-state index contributed by atoms with van der Waals surface area (Å²) in [6.07, 6.45) is 5.09. The van der Waals surface area contributed by atoms with Crippen LogP contribution in [0.4, 0.5) is 0 Å². The number of carbonyl (C=O) groups excluding carboxylic acids is 2. The van der Waals surface area contributed by atoms with E-state index in [2.05, 4.69) is 10.4 Å². The minimum absolute atomic E-state index is 0.178. The number of benzene rings is 2. The monoisotopic (exact) mass is 347 g/mol. The molecule has 0 aliphatic heterocycles. The summed E-state index contributed by atoms with van der Waals surface area (Å²) in [6, 6.07) is 16.5. The molecule has 0 unspecified atom stereocenters. The summed E-state index contributed by atoms with van der Waals surface area (Å²) in [5.74, 6) is -0.595. The molecule has 2 N–H and O–H groups in total. The third-order valence-electron chi connectivity index (χ3n) is 4.04. The number of fused-ring (bicyclic) bond motifs is 1. The van der Waals surface area contributed by atoms with Crippen molar-refractivity contribution in [1.82, 2.24) is 15.4 Å². The van der Waals surface area contributed by atoms with E-state index >= 15 is 0 Å². The molecule has 5 heteroatoms. The van der Waals surface area contributed by atoms with Crippen LogP contribution >= 0.6 is 0 Å². The molecule has 1 aromatic heterocycles. The van der Waals surface area contributed by atoms with Gasteiger partial charge in [-0.3, -0.25) is 15.0 Å². The molecular formula is C21H21N3O2. The molecule has 0 aliphatic rings. The molecule has 1 heterocycles. The zero-order chi connectivity index (χ0) is 18.5. The Bertz CT molecular complexity index is 942. The second kappa shape index (κ2) is 7.70. The van der Waals surface area contributed by atoms with Gasteiger partial charge in [0.2, 0.25) is 0 Å². The predicted molar refractivity (Wildman–Crippen MR) is 103 cm³/mol. The van der Waals surface area contributed by atoms with Gasteiger partial charge in [0.25, 0.3) is 11.8 Å². The maximum atomic E-state index is 12.6. The van der Waals surface area contributed by atoms with Crippen molar-refractivity contribution in [2.45, 2.75) is 19.9 Å². The zero-order valence-corrected chi connectivity index (χ0v) is 14.8. The maximum absolute atomic E-state index is 12.6. The summed E-state index contributed by atoms with van der Waals surface area (Å²) in [5, 5.41) is 2.38. The first-order valence-electron chi connectivity index (χ1n) is 8.49. The van der Waals surface area contributed by atoms with Crippen molar-refractivity contribution in [1.29, 1.82) is 0 Å². The molecule has 3 aromatic rings. The summed E-state index contributed by atoms with van der Waals surface area (Å²) >= 11 is 0. The van der Waals surface area contributed by atoms with E-state index in [0.29, 0.717) is 5.56 Å². The van der Waals surface area contributed by atoms with Gasteiger partial charge >= 0.3 is 0 Å². The number of nitrogens with zero attached hydrogens (tertiary/aromatic N) is 1. The van der Waals surface area contributed by atoms with Crippen LogP contribution in [0, 0.1) is 0 Å². The van der Waals surface area contributed by atoms with Crippen molar-refractivity contribution in [3.63, 3.8) is 0 Å². The summed E-state index contributed by atoms with van der Waals surface area (Å²) in [7, 11) is 0. The minimum atomic E-state index is -0.312. The van der Waals surface area contributed by atoms with Crippen LogP contribution in [-0.4, -0.2) is 27.8 Å². The van der Waals surface area contributed by atoms with Crippen molar-refractivity contribution in [2.75, 3.05) is 0 Å². The summed E-state index contributed by atoms with van der Waals surface area (Å²) in [6.45, 7) is 3.70. The Hall–Kier alpha value is -3.34. The van der Waals surface area contributed by atoms with Gasteiger partial charge in [-0.05, 0) is 43.7 Å². The van der Waals surface area contributed by atoms with Crippen LogP contribution < -0.4 is 5.43 Å². The predicted octanol–water partition coefficient (Wildman–Crippen LogP) is 3.76. The van der Waals surface area contributed by atoms with E-state index in [-0.39, 0.29) is 17.9 Å². The lowest BCUT2D eigenvalue weighted by molar-refractivity contribution is -0.130. The van der Waals surface area contributed by atoms with Crippen LogP contribution in [0.15, 0.2) is 66.9 Å².